The van der Waals surface area contributed by atoms with Crippen LogP contribution in [0.2, 0.25) is 0 Å². The summed E-state index contributed by atoms with van der Waals surface area (Å²) in [6.45, 7) is 8.21. The zero-order chi connectivity index (χ0) is 13.8. The third-order valence-electron chi connectivity index (χ3n) is 3.66. The number of ether oxygens (including phenoxy) is 1. The van der Waals surface area contributed by atoms with Crippen molar-refractivity contribution in [2.45, 2.75) is 52.6 Å². The molecule has 0 amide bonds. The number of aromatic nitrogens is 2. The van der Waals surface area contributed by atoms with E-state index in [9.17, 15) is 0 Å². The van der Waals surface area contributed by atoms with E-state index in [2.05, 4.69) is 36.2 Å². The van der Waals surface area contributed by atoms with Crippen LogP contribution >= 0.6 is 0 Å². The number of hydrogen-bond donors (Lipinski definition) is 2. The lowest BCUT2D eigenvalue weighted by Gasteiger charge is -2.29. The molecular formula is C13H24N4O. The molecule has 0 radical (unpaired) electrons. The SMILES string of the molecule is CCc1nc(C(CC)(CC)OC)nc(NN)c1C. The maximum atomic E-state index is 5.67. The van der Waals surface area contributed by atoms with Crippen molar-refractivity contribution >= 4 is 5.82 Å². The van der Waals surface area contributed by atoms with Gasteiger partial charge in [-0.1, -0.05) is 20.8 Å². The number of hydrazine groups is 1. The van der Waals surface area contributed by atoms with E-state index in [0.29, 0.717) is 11.6 Å². The summed E-state index contributed by atoms with van der Waals surface area (Å²) in [6, 6.07) is 0. The Morgan fingerprint density at radius 2 is 1.83 bits per heavy atom. The van der Waals surface area contributed by atoms with Crippen LogP contribution in [0, 0.1) is 6.92 Å². The van der Waals surface area contributed by atoms with Crippen LogP contribution in [0.25, 0.3) is 0 Å². The zero-order valence-electron chi connectivity index (χ0n) is 12.0. The van der Waals surface area contributed by atoms with Gasteiger partial charge in [-0.05, 0) is 26.2 Å². The van der Waals surface area contributed by atoms with E-state index in [1.54, 1.807) is 7.11 Å². The van der Waals surface area contributed by atoms with Crippen molar-refractivity contribution in [1.82, 2.24) is 9.97 Å². The smallest absolute Gasteiger partial charge is 0.162 e. The quantitative estimate of drug-likeness (QED) is 0.600. The summed E-state index contributed by atoms with van der Waals surface area (Å²) in [4.78, 5) is 9.16. The molecule has 0 spiro atoms. The molecular weight excluding hydrogens is 228 g/mol. The Hall–Kier alpha value is -1.20. The number of nitrogen functional groups attached to an aromatic ring is 1. The summed E-state index contributed by atoms with van der Waals surface area (Å²) in [7, 11) is 1.71. The molecule has 0 saturated heterocycles. The lowest BCUT2D eigenvalue weighted by molar-refractivity contribution is -0.0292. The second kappa shape index (κ2) is 6.11. The number of anilines is 1. The number of nitrogens with one attached hydrogen (secondary N) is 1. The largest absolute Gasteiger partial charge is 0.370 e. The van der Waals surface area contributed by atoms with Crippen LogP contribution in [-0.4, -0.2) is 17.1 Å². The number of nitrogens with zero attached hydrogens (tertiary/aromatic N) is 2. The van der Waals surface area contributed by atoms with E-state index < -0.39 is 5.60 Å². The second-order valence-corrected chi connectivity index (χ2v) is 4.37. The molecule has 0 bridgehead atoms. The molecule has 1 aromatic rings. The summed E-state index contributed by atoms with van der Waals surface area (Å²) in [5.74, 6) is 6.92. The van der Waals surface area contributed by atoms with Gasteiger partial charge < -0.3 is 10.2 Å². The van der Waals surface area contributed by atoms with Crippen molar-refractivity contribution in [3.05, 3.63) is 17.1 Å². The summed E-state index contributed by atoms with van der Waals surface area (Å²) in [5.41, 5.74) is 4.23. The minimum absolute atomic E-state index is 0.427. The predicted octanol–water partition coefficient (Wildman–Crippen LogP) is 2.29. The molecule has 0 atom stereocenters. The molecule has 0 aliphatic rings. The van der Waals surface area contributed by atoms with Crippen molar-refractivity contribution < 1.29 is 4.74 Å². The average Bonchev–Trinajstić information content (AvgIpc) is 2.42. The standard InChI is InChI=1S/C13H24N4O/c1-6-10-9(4)11(17-14)16-12(15-10)13(7-2,8-3)18-5/h6-8,14H2,1-5H3,(H,15,16,17). The van der Waals surface area contributed by atoms with E-state index in [1.165, 1.54) is 0 Å². The van der Waals surface area contributed by atoms with Crippen molar-refractivity contribution in [2.24, 2.45) is 5.84 Å². The van der Waals surface area contributed by atoms with Crippen LogP contribution in [0.4, 0.5) is 5.82 Å². The summed E-state index contributed by atoms with van der Waals surface area (Å²) in [5, 5.41) is 0. The summed E-state index contributed by atoms with van der Waals surface area (Å²) >= 11 is 0. The van der Waals surface area contributed by atoms with Gasteiger partial charge in [0.15, 0.2) is 5.82 Å². The van der Waals surface area contributed by atoms with Gasteiger partial charge >= 0.3 is 0 Å². The van der Waals surface area contributed by atoms with Crippen LogP contribution in [0.1, 0.15) is 50.7 Å². The fourth-order valence-corrected chi connectivity index (χ4v) is 2.20. The van der Waals surface area contributed by atoms with Crippen LogP contribution in [0.5, 0.6) is 0 Å². The minimum atomic E-state index is -0.427. The topological polar surface area (TPSA) is 73.1 Å². The zero-order valence-corrected chi connectivity index (χ0v) is 12.0. The van der Waals surface area contributed by atoms with Crippen LogP contribution in [0.15, 0.2) is 0 Å². The maximum Gasteiger partial charge on any atom is 0.162 e. The Balaban J connectivity index is 3.40. The van der Waals surface area contributed by atoms with Gasteiger partial charge in [0.2, 0.25) is 0 Å². The van der Waals surface area contributed by atoms with Crippen molar-refractivity contribution in [3.63, 3.8) is 0 Å². The van der Waals surface area contributed by atoms with Gasteiger partial charge in [-0.15, -0.1) is 0 Å². The number of methoxy groups -OCH3 is 1. The predicted molar refractivity (Wildman–Crippen MR) is 73.2 cm³/mol. The van der Waals surface area contributed by atoms with Crippen molar-refractivity contribution in [3.8, 4) is 0 Å². The molecule has 3 N–H and O–H groups in total. The summed E-state index contributed by atoms with van der Waals surface area (Å²) < 4.78 is 5.67. The molecule has 0 aliphatic carbocycles. The molecule has 1 aromatic heterocycles. The lowest BCUT2D eigenvalue weighted by atomic mass is 9.95. The van der Waals surface area contributed by atoms with E-state index in [4.69, 9.17) is 10.6 Å². The van der Waals surface area contributed by atoms with Gasteiger partial charge in [0.25, 0.3) is 0 Å². The van der Waals surface area contributed by atoms with Crippen molar-refractivity contribution in [1.29, 1.82) is 0 Å². The summed E-state index contributed by atoms with van der Waals surface area (Å²) in [6.07, 6.45) is 2.51. The number of rotatable bonds is 6. The normalized spacial score (nSPS) is 11.7. The maximum absolute atomic E-state index is 5.67. The monoisotopic (exact) mass is 252 g/mol. The second-order valence-electron chi connectivity index (χ2n) is 4.37. The van der Waals surface area contributed by atoms with Crippen LogP contribution in [-0.2, 0) is 16.8 Å². The highest BCUT2D eigenvalue weighted by atomic mass is 16.5. The number of nitrogens with two attached hydrogens (primary N) is 1. The highest BCUT2D eigenvalue weighted by molar-refractivity contribution is 5.45. The fraction of sp³-hybridized carbons (Fsp3) is 0.692. The molecule has 0 fully saturated rings. The van der Waals surface area contributed by atoms with E-state index in [0.717, 1.165) is 30.5 Å². The first-order valence-electron chi connectivity index (χ1n) is 6.48. The first-order valence-corrected chi connectivity index (χ1v) is 6.48. The first kappa shape index (κ1) is 14.9. The van der Waals surface area contributed by atoms with Gasteiger partial charge in [-0.2, -0.15) is 0 Å². The molecule has 0 saturated carbocycles. The number of aryl methyl sites for hydroxylation is 1. The Bertz CT molecular complexity index is 369. The third-order valence-corrected chi connectivity index (χ3v) is 3.66. The Labute approximate surface area is 109 Å². The fourth-order valence-electron chi connectivity index (χ4n) is 2.20. The van der Waals surface area contributed by atoms with Crippen LogP contribution < -0.4 is 11.3 Å². The van der Waals surface area contributed by atoms with Crippen molar-refractivity contribution in [2.75, 3.05) is 12.5 Å². The highest BCUT2D eigenvalue weighted by Gasteiger charge is 2.32. The average molecular weight is 252 g/mol. The Morgan fingerprint density at radius 1 is 1.22 bits per heavy atom. The molecule has 1 heterocycles. The first-order chi connectivity index (χ1) is 8.58. The van der Waals surface area contributed by atoms with E-state index >= 15 is 0 Å². The molecule has 1 rings (SSSR count). The van der Waals surface area contributed by atoms with E-state index in [1.807, 2.05) is 6.92 Å². The lowest BCUT2D eigenvalue weighted by Crippen LogP contribution is -2.31. The van der Waals surface area contributed by atoms with Gasteiger partial charge in [0.05, 0.1) is 0 Å². The van der Waals surface area contributed by atoms with Gasteiger partial charge in [-0.25, -0.2) is 15.8 Å². The van der Waals surface area contributed by atoms with Gasteiger partial charge in [0.1, 0.15) is 11.4 Å². The molecule has 5 heteroatoms. The molecule has 0 aliphatic heterocycles. The van der Waals surface area contributed by atoms with Gasteiger partial charge in [-0.3, -0.25) is 0 Å². The highest BCUT2D eigenvalue weighted by Crippen LogP contribution is 2.31. The third kappa shape index (κ3) is 2.47. The molecule has 0 unspecified atom stereocenters. The van der Waals surface area contributed by atoms with Crippen LogP contribution in [0.3, 0.4) is 0 Å². The molecule has 18 heavy (non-hydrogen) atoms. The minimum Gasteiger partial charge on any atom is -0.370 e. The van der Waals surface area contributed by atoms with E-state index in [-0.39, 0.29) is 0 Å². The molecule has 0 aromatic carbocycles. The number of hydrogen-bond acceptors (Lipinski definition) is 5. The molecule has 102 valence electrons. The molecule has 5 nitrogen and oxygen atoms in total. The Morgan fingerprint density at radius 3 is 2.22 bits per heavy atom. The Kier molecular flexibility index (Phi) is 5.04. The van der Waals surface area contributed by atoms with Gasteiger partial charge in [0, 0.05) is 18.4 Å².